The molecule has 0 saturated carbocycles. The van der Waals surface area contributed by atoms with E-state index in [1.165, 1.54) is 0 Å². The van der Waals surface area contributed by atoms with E-state index in [2.05, 4.69) is 9.47 Å². The second-order valence-corrected chi connectivity index (χ2v) is 2.68. The number of aliphatic hydroxyl groups excluding tert-OH is 1. The van der Waals surface area contributed by atoms with Crippen molar-refractivity contribution in [3.63, 3.8) is 0 Å². The highest BCUT2D eigenvalue weighted by molar-refractivity contribution is 5.92. The summed E-state index contributed by atoms with van der Waals surface area (Å²) in [7, 11) is 0. The van der Waals surface area contributed by atoms with Crippen LogP contribution in [0.15, 0.2) is 0 Å². The third kappa shape index (κ3) is 1.96. The first-order valence-corrected chi connectivity index (χ1v) is 3.82. The van der Waals surface area contributed by atoms with Gasteiger partial charge in [-0.05, 0) is 6.42 Å². The van der Waals surface area contributed by atoms with Crippen LogP contribution in [0.2, 0.25) is 0 Å². The topological polar surface area (TPSA) is 93.1 Å². The van der Waals surface area contributed by atoms with Gasteiger partial charge in [0.2, 0.25) is 0 Å². The predicted octanol–water partition coefficient (Wildman–Crippen LogP) is -1.11. The minimum absolute atomic E-state index is 0.0943. The maximum absolute atomic E-state index is 10.7. The maximum atomic E-state index is 10.7. The summed E-state index contributed by atoms with van der Waals surface area (Å²) in [6, 6.07) is 0. The van der Waals surface area contributed by atoms with Gasteiger partial charge in [0.05, 0.1) is 0 Å². The minimum Gasteiger partial charge on any atom is -0.396 e. The Balaban J connectivity index is 2.77. The van der Waals surface area contributed by atoms with E-state index in [0.717, 1.165) is 0 Å². The summed E-state index contributed by atoms with van der Waals surface area (Å²) < 4.78 is 8.64. The number of esters is 2. The summed E-state index contributed by atoms with van der Waals surface area (Å²) in [5.41, 5.74) is 0. The molecule has 1 aliphatic heterocycles. The van der Waals surface area contributed by atoms with E-state index in [1.54, 1.807) is 6.92 Å². The largest absolute Gasteiger partial charge is 0.401 e. The molecule has 1 fully saturated rings. The summed E-state index contributed by atoms with van der Waals surface area (Å²) in [5.74, 6) is -4.33. The number of carbonyl (C=O) groups is 2. The molecule has 0 bridgehead atoms. The van der Waals surface area contributed by atoms with Gasteiger partial charge < -0.3 is 19.7 Å². The molecule has 0 aromatic heterocycles. The van der Waals surface area contributed by atoms with Crippen LogP contribution < -0.4 is 0 Å². The Morgan fingerprint density at radius 3 is 2.31 bits per heavy atom. The normalized spacial score (nSPS) is 23.3. The molecule has 74 valence electrons. The lowest BCUT2D eigenvalue weighted by atomic mass is 10.2. The van der Waals surface area contributed by atoms with Crippen molar-refractivity contribution in [1.29, 1.82) is 0 Å². The number of hydrogen-bond donors (Lipinski definition) is 2. The maximum Gasteiger partial charge on any atom is 0.401 e. The quantitative estimate of drug-likeness (QED) is 0.424. The monoisotopic (exact) mass is 190 g/mol. The van der Waals surface area contributed by atoms with Crippen molar-refractivity contribution in [2.45, 2.75) is 31.8 Å². The number of cyclic esters (lactones) is 2. The first-order chi connectivity index (χ1) is 5.98. The van der Waals surface area contributed by atoms with Crippen LogP contribution in [0.4, 0.5) is 0 Å². The standard InChI is InChI=1S/C7H10O6/c1-2-4(8)7(11)12-5(9)3-6(10)13-7/h4,8,11H,2-3H2,1H3. The molecule has 1 atom stereocenters. The Hall–Kier alpha value is -1.14. The fourth-order valence-corrected chi connectivity index (χ4v) is 0.931. The van der Waals surface area contributed by atoms with Crippen molar-refractivity contribution in [1.82, 2.24) is 0 Å². The summed E-state index contributed by atoms with van der Waals surface area (Å²) in [6.07, 6.45) is -1.88. The zero-order valence-corrected chi connectivity index (χ0v) is 7.02. The van der Waals surface area contributed by atoms with Gasteiger partial charge in [-0.3, -0.25) is 9.59 Å². The first-order valence-electron chi connectivity index (χ1n) is 3.82. The molecule has 2 N–H and O–H groups in total. The van der Waals surface area contributed by atoms with Crippen LogP contribution >= 0.6 is 0 Å². The summed E-state index contributed by atoms with van der Waals surface area (Å²) in [5, 5.41) is 18.5. The third-order valence-corrected chi connectivity index (χ3v) is 1.62. The van der Waals surface area contributed by atoms with Crippen LogP contribution in [0.3, 0.4) is 0 Å². The van der Waals surface area contributed by atoms with Crippen molar-refractivity contribution in [2.24, 2.45) is 0 Å². The van der Waals surface area contributed by atoms with Crippen LogP contribution in [0.25, 0.3) is 0 Å². The van der Waals surface area contributed by atoms with E-state index < -0.39 is 30.4 Å². The highest BCUT2D eigenvalue weighted by atomic mass is 16.9. The molecule has 6 nitrogen and oxygen atoms in total. The summed E-state index contributed by atoms with van der Waals surface area (Å²) in [4.78, 5) is 21.4. The van der Waals surface area contributed by atoms with Gasteiger partial charge in [0, 0.05) is 0 Å². The molecule has 1 heterocycles. The minimum atomic E-state index is -2.51. The lowest BCUT2D eigenvalue weighted by Gasteiger charge is -2.33. The van der Waals surface area contributed by atoms with Crippen molar-refractivity contribution in [3.05, 3.63) is 0 Å². The highest BCUT2D eigenvalue weighted by Crippen LogP contribution is 2.22. The Bertz CT molecular complexity index is 219. The van der Waals surface area contributed by atoms with Crippen molar-refractivity contribution < 1.29 is 29.3 Å². The molecule has 0 aromatic rings. The molecule has 1 saturated heterocycles. The van der Waals surface area contributed by atoms with Gasteiger partial charge in [0.25, 0.3) is 0 Å². The molecular weight excluding hydrogens is 180 g/mol. The number of ether oxygens (including phenoxy) is 2. The average molecular weight is 190 g/mol. The van der Waals surface area contributed by atoms with Crippen LogP contribution in [-0.4, -0.2) is 34.2 Å². The van der Waals surface area contributed by atoms with E-state index in [9.17, 15) is 19.8 Å². The van der Waals surface area contributed by atoms with E-state index >= 15 is 0 Å². The van der Waals surface area contributed by atoms with Crippen molar-refractivity contribution in [2.75, 3.05) is 0 Å². The van der Waals surface area contributed by atoms with Crippen LogP contribution in [0.1, 0.15) is 19.8 Å². The molecule has 0 aromatic carbocycles. The lowest BCUT2D eigenvalue weighted by Crippen LogP contribution is -2.53. The van der Waals surface area contributed by atoms with Gasteiger partial charge in [-0.25, -0.2) is 0 Å². The average Bonchev–Trinajstić information content (AvgIpc) is 2.00. The predicted molar refractivity (Wildman–Crippen MR) is 38.0 cm³/mol. The molecular formula is C7H10O6. The van der Waals surface area contributed by atoms with Gasteiger partial charge in [0.15, 0.2) is 6.10 Å². The van der Waals surface area contributed by atoms with E-state index in [0.29, 0.717) is 0 Å². The second kappa shape index (κ2) is 3.31. The van der Waals surface area contributed by atoms with Gasteiger partial charge in [0.1, 0.15) is 6.42 Å². The SMILES string of the molecule is CCC(O)C1(O)OC(=O)CC(=O)O1. The molecule has 0 radical (unpaired) electrons. The first kappa shape index (κ1) is 9.94. The number of aliphatic hydroxyl groups is 2. The van der Waals surface area contributed by atoms with Crippen LogP contribution in [0.5, 0.6) is 0 Å². The highest BCUT2D eigenvalue weighted by Gasteiger charge is 2.47. The van der Waals surface area contributed by atoms with Crippen LogP contribution in [0, 0.1) is 0 Å². The molecule has 1 rings (SSSR count). The smallest absolute Gasteiger partial charge is 0.396 e. The lowest BCUT2D eigenvalue weighted by molar-refractivity contribution is -0.369. The summed E-state index contributed by atoms with van der Waals surface area (Å²) in [6.45, 7) is 1.54. The molecule has 1 unspecified atom stereocenters. The number of rotatable bonds is 2. The molecule has 1 aliphatic rings. The van der Waals surface area contributed by atoms with E-state index in [-0.39, 0.29) is 6.42 Å². The van der Waals surface area contributed by atoms with E-state index in [4.69, 9.17) is 0 Å². The van der Waals surface area contributed by atoms with Crippen LogP contribution in [-0.2, 0) is 19.1 Å². The Morgan fingerprint density at radius 1 is 1.46 bits per heavy atom. The molecule has 0 spiro atoms. The number of carbonyl (C=O) groups excluding carboxylic acids is 2. The Morgan fingerprint density at radius 2 is 1.92 bits per heavy atom. The molecule has 6 heteroatoms. The van der Waals surface area contributed by atoms with E-state index in [1.807, 2.05) is 0 Å². The molecule has 0 aliphatic carbocycles. The fourth-order valence-electron chi connectivity index (χ4n) is 0.931. The Kier molecular flexibility index (Phi) is 2.53. The fraction of sp³-hybridized carbons (Fsp3) is 0.714. The third-order valence-electron chi connectivity index (χ3n) is 1.62. The van der Waals surface area contributed by atoms with Gasteiger partial charge in [-0.1, -0.05) is 6.92 Å². The molecule has 0 amide bonds. The van der Waals surface area contributed by atoms with Gasteiger partial charge in [-0.15, -0.1) is 0 Å². The Labute approximate surface area is 74.1 Å². The number of hydrogen-bond acceptors (Lipinski definition) is 6. The van der Waals surface area contributed by atoms with Crippen molar-refractivity contribution >= 4 is 11.9 Å². The van der Waals surface area contributed by atoms with Crippen molar-refractivity contribution in [3.8, 4) is 0 Å². The zero-order valence-electron chi connectivity index (χ0n) is 7.02. The summed E-state index contributed by atoms with van der Waals surface area (Å²) >= 11 is 0. The zero-order chi connectivity index (χ0) is 10.1. The van der Waals surface area contributed by atoms with Gasteiger partial charge >= 0.3 is 17.9 Å². The molecule has 13 heavy (non-hydrogen) atoms. The van der Waals surface area contributed by atoms with Gasteiger partial charge in [-0.2, -0.15) is 0 Å². The second-order valence-electron chi connectivity index (χ2n) is 2.68.